The molecule has 1 saturated carbocycles. The average Bonchev–Trinajstić information content (AvgIpc) is 3.37. The van der Waals surface area contributed by atoms with E-state index in [2.05, 4.69) is 52.8 Å². The van der Waals surface area contributed by atoms with E-state index in [1.54, 1.807) is 6.33 Å². The molecule has 0 spiro atoms. The first-order chi connectivity index (χ1) is 20.4. The molecule has 0 bridgehead atoms. The molecule has 0 radical (unpaired) electrons. The van der Waals surface area contributed by atoms with Crippen LogP contribution < -0.4 is 5.56 Å². The van der Waals surface area contributed by atoms with Crippen molar-refractivity contribution in [3.05, 3.63) is 81.9 Å². The van der Waals surface area contributed by atoms with E-state index < -0.39 is 17.3 Å². The summed E-state index contributed by atoms with van der Waals surface area (Å²) in [5.74, 6) is 1.69. The molecule has 3 aromatic heterocycles. The molecule has 1 aliphatic carbocycles. The molecular formula is C32H38F3N7O. The van der Waals surface area contributed by atoms with Gasteiger partial charge in [-0.15, -0.1) is 10.2 Å². The summed E-state index contributed by atoms with van der Waals surface area (Å²) in [5, 5.41) is 8.51. The first-order valence-electron chi connectivity index (χ1n) is 14.9. The fraction of sp³-hybridized carbons (Fsp3) is 0.500. The summed E-state index contributed by atoms with van der Waals surface area (Å²) in [7, 11) is 3.98. The van der Waals surface area contributed by atoms with Crippen LogP contribution in [-0.2, 0) is 25.2 Å². The van der Waals surface area contributed by atoms with Crippen LogP contribution in [0.4, 0.5) is 13.2 Å². The van der Waals surface area contributed by atoms with Crippen LogP contribution in [0.3, 0.4) is 0 Å². The molecule has 4 heterocycles. The van der Waals surface area contributed by atoms with Gasteiger partial charge in [0, 0.05) is 51.7 Å². The number of halogens is 3. The lowest BCUT2D eigenvalue weighted by atomic mass is 9.58. The van der Waals surface area contributed by atoms with Gasteiger partial charge in [-0.25, -0.2) is 4.98 Å². The van der Waals surface area contributed by atoms with Gasteiger partial charge in [-0.3, -0.25) is 14.1 Å². The smallest absolute Gasteiger partial charge is 0.320 e. The molecule has 1 saturated heterocycles. The Morgan fingerprint density at radius 3 is 2.53 bits per heavy atom. The highest BCUT2D eigenvalue weighted by Gasteiger charge is 2.48. The monoisotopic (exact) mass is 593 g/mol. The number of nitrogens with zero attached hydrogens (tertiary/aromatic N) is 7. The number of aryl methyl sites for hydroxylation is 1. The van der Waals surface area contributed by atoms with E-state index in [0.29, 0.717) is 29.5 Å². The van der Waals surface area contributed by atoms with Crippen LogP contribution in [0.1, 0.15) is 56.1 Å². The Kier molecular flexibility index (Phi) is 7.45. The van der Waals surface area contributed by atoms with E-state index in [9.17, 15) is 18.0 Å². The molecule has 0 unspecified atom stereocenters. The molecule has 0 amide bonds. The maximum Gasteiger partial charge on any atom is 0.419 e. The van der Waals surface area contributed by atoms with E-state index >= 15 is 0 Å². The number of benzene rings is 1. The molecule has 6 rings (SSSR count). The van der Waals surface area contributed by atoms with E-state index in [4.69, 9.17) is 0 Å². The molecule has 43 heavy (non-hydrogen) atoms. The third kappa shape index (κ3) is 5.26. The molecule has 4 aromatic rings. The summed E-state index contributed by atoms with van der Waals surface area (Å²) in [6.45, 7) is 9.19. The van der Waals surface area contributed by atoms with Crippen molar-refractivity contribution < 1.29 is 13.2 Å². The fourth-order valence-electron chi connectivity index (χ4n) is 7.17. The highest BCUT2D eigenvalue weighted by atomic mass is 19.4. The van der Waals surface area contributed by atoms with Crippen molar-refractivity contribution in [1.29, 1.82) is 0 Å². The van der Waals surface area contributed by atoms with E-state index in [-0.39, 0.29) is 22.7 Å². The Morgan fingerprint density at radius 1 is 1.12 bits per heavy atom. The van der Waals surface area contributed by atoms with Gasteiger partial charge in [0.05, 0.1) is 16.5 Å². The van der Waals surface area contributed by atoms with Gasteiger partial charge in [-0.1, -0.05) is 39.0 Å². The first kappa shape index (κ1) is 29.5. The summed E-state index contributed by atoms with van der Waals surface area (Å²) < 4.78 is 46.0. The van der Waals surface area contributed by atoms with Crippen molar-refractivity contribution in [3.8, 4) is 11.1 Å². The molecule has 1 atom stereocenters. The Bertz CT molecular complexity index is 1700. The number of pyridine rings is 1. The van der Waals surface area contributed by atoms with Crippen molar-refractivity contribution in [2.24, 2.45) is 18.9 Å². The van der Waals surface area contributed by atoms with Gasteiger partial charge in [-0.05, 0) is 60.5 Å². The second-order valence-electron chi connectivity index (χ2n) is 12.9. The van der Waals surface area contributed by atoms with Gasteiger partial charge in [0.1, 0.15) is 12.2 Å². The Labute approximate surface area is 249 Å². The number of likely N-dealkylation sites (N-methyl/N-ethyl adjacent to an activating group) is 1. The van der Waals surface area contributed by atoms with Crippen LogP contribution in [0.15, 0.2) is 53.8 Å². The summed E-state index contributed by atoms with van der Waals surface area (Å²) >= 11 is 0. The third-order valence-electron chi connectivity index (χ3n) is 9.32. The van der Waals surface area contributed by atoms with E-state index in [0.717, 1.165) is 54.3 Å². The van der Waals surface area contributed by atoms with Crippen LogP contribution >= 0.6 is 0 Å². The number of piperazine rings is 1. The molecule has 2 aliphatic rings. The Hall–Kier alpha value is -3.57. The minimum Gasteiger partial charge on any atom is -0.320 e. The van der Waals surface area contributed by atoms with Gasteiger partial charge in [-0.2, -0.15) is 13.2 Å². The lowest BCUT2D eigenvalue weighted by molar-refractivity contribution is -0.136. The van der Waals surface area contributed by atoms with Crippen molar-refractivity contribution >= 4 is 5.65 Å². The minimum absolute atomic E-state index is 0.197. The van der Waals surface area contributed by atoms with Crippen molar-refractivity contribution in [3.63, 3.8) is 0 Å². The Morgan fingerprint density at radius 2 is 1.88 bits per heavy atom. The van der Waals surface area contributed by atoms with Gasteiger partial charge in [0.2, 0.25) is 0 Å². The number of rotatable bonds is 6. The summed E-state index contributed by atoms with van der Waals surface area (Å²) in [6, 6.07) is 9.03. The molecule has 1 aromatic carbocycles. The fourth-order valence-corrected chi connectivity index (χ4v) is 7.17. The van der Waals surface area contributed by atoms with Crippen molar-refractivity contribution in [2.45, 2.75) is 57.8 Å². The topological polar surface area (TPSA) is 71.6 Å². The number of aromatic nitrogens is 5. The highest BCUT2D eigenvalue weighted by molar-refractivity contribution is 5.66. The normalized spacial score (nSPS) is 23.7. The minimum atomic E-state index is -4.66. The number of hydrogen-bond donors (Lipinski definition) is 0. The summed E-state index contributed by atoms with van der Waals surface area (Å²) in [6.07, 6.45) is 1.62. The molecular weight excluding hydrogens is 555 g/mol. The van der Waals surface area contributed by atoms with Crippen LogP contribution in [0.2, 0.25) is 0 Å². The second-order valence-corrected chi connectivity index (χ2v) is 12.9. The zero-order valence-corrected chi connectivity index (χ0v) is 25.3. The number of fused-ring (bicyclic) bond motifs is 1. The summed E-state index contributed by atoms with van der Waals surface area (Å²) in [5.41, 5.74) is 0.159. The van der Waals surface area contributed by atoms with Gasteiger partial charge in [0.15, 0.2) is 5.65 Å². The van der Waals surface area contributed by atoms with Gasteiger partial charge >= 0.3 is 6.18 Å². The van der Waals surface area contributed by atoms with Crippen LogP contribution in [0.5, 0.6) is 0 Å². The lowest BCUT2D eigenvalue weighted by Crippen LogP contribution is -2.53. The first-order valence-corrected chi connectivity index (χ1v) is 14.9. The van der Waals surface area contributed by atoms with E-state index in [1.807, 2.05) is 35.9 Å². The van der Waals surface area contributed by atoms with Crippen molar-refractivity contribution in [2.75, 3.05) is 26.7 Å². The van der Waals surface area contributed by atoms with Crippen LogP contribution in [-0.4, -0.2) is 66.7 Å². The molecule has 8 nitrogen and oxygen atoms in total. The Balaban J connectivity index is 1.44. The van der Waals surface area contributed by atoms with Gasteiger partial charge in [0.25, 0.3) is 5.56 Å². The van der Waals surface area contributed by atoms with E-state index in [1.165, 1.54) is 12.4 Å². The SMILES string of the molecule is CC1CC(c2cccc(-c3cnc4c(C(F)(F)F)cc(CN5CCN(C)C[C@@H]5C(C)C)cn4c3=O)c2)(c2nncn2C)C1. The van der Waals surface area contributed by atoms with Gasteiger partial charge < -0.3 is 9.47 Å². The molecule has 228 valence electrons. The maximum absolute atomic E-state index is 14.3. The maximum atomic E-state index is 14.3. The number of alkyl halides is 3. The predicted molar refractivity (Wildman–Crippen MR) is 159 cm³/mol. The largest absolute Gasteiger partial charge is 0.419 e. The quantitative estimate of drug-likeness (QED) is 0.314. The predicted octanol–water partition coefficient (Wildman–Crippen LogP) is 5.00. The third-order valence-corrected chi connectivity index (χ3v) is 9.32. The molecule has 0 N–H and O–H groups in total. The highest BCUT2D eigenvalue weighted by Crippen LogP contribution is 2.51. The lowest BCUT2D eigenvalue weighted by Gasteiger charge is -2.46. The van der Waals surface area contributed by atoms with Crippen LogP contribution in [0.25, 0.3) is 16.8 Å². The molecule has 11 heteroatoms. The zero-order valence-electron chi connectivity index (χ0n) is 25.3. The second kappa shape index (κ2) is 10.9. The standard InChI is InChI=1S/C32H38F3N7O/c1-20(2)27-18-39(4)9-10-41(27)16-22-11-26(32(33,34)35)28-36-15-25(29(43)42(28)17-22)23-7-6-8-24(12-23)31(13-21(3)14-31)30-38-37-19-40(30)5/h6-8,11-12,15,17,19-21,27H,9-10,13-14,16,18H2,1-5H3/t21?,27-,31?/m1/s1. The number of hydrogen-bond acceptors (Lipinski definition) is 6. The molecule has 2 fully saturated rings. The summed E-state index contributed by atoms with van der Waals surface area (Å²) in [4.78, 5) is 22.7. The molecule has 1 aliphatic heterocycles. The zero-order chi connectivity index (χ0) is 30.7. The van der Waals surface area contributed by atoms with Crippen LogP contribution in [0, 0.1) is 11.8 Å². The average molecular weight is 594 g/mol. The van der Waals surface area contributed by atoms with Crippen molar-refractivity contribution in [1.82, 2.24) is 33.9 Å².